The summed E-state index contributed by atoms with van der Waals surface area (Å²) in [5, 5.41) is 9.69. The van der Waals surface area contributed by atoms with E-state index < -0.39 is 6.09 Å². The highest BCUT2D eigenvalue weighted by atomic mass is 16.5. The van der Waals surface area contributed by atoms with Crippen LogP contribution in [0, 0.1) is 0 Å². The van der Waals surface area contributed by atoms with Crippen LogP contribution < -0.4 is 16.1 Å². The first-order chi connectivity index (χ1) is 9.11. The quantitative estimate of drug-likeness (QED) is 0.749. The van der Waals surface area contributed by atoms with Gasteiger partial charge in [0.2, 0.25) is 5.95 Å². The van der Waals surface area contributed by atoms with E-state index in [1.807, 2.05) is 4.90 Å². The Balaban J connectivity index is 2.39. The molecule has 8 heteroatoms. The summed E-state index contributed by atoms with van der Waals surface area (Å²) < 4.78 is 5.27. The molecule has 1 aliphatic heterocycles. The fraction of sp³-hybridized carbons (Fsp3) is 0.545. The molecule has 3 N–H and O–H groups in total. The van der Waals surface area contributed by atoms with Crippen LogP contribution in [0.3, 0.4) is 0 Å². The third kappa shape index (κ3) is 2.95. The molecule has 0 bridgehead atoms. The summed E-state index contributed by atoms with van der Waals surface area (Å²) in [5.74, 6) is 0.482. The maximum atomic E-state index is 11.3. The summed E-state index contributed by atoms with van der Waals surface area (Å²) in [7, 11) is 0. The molecule has 1 aromatic rings. The molecule has 2 heterocycles. The minimum atomic E-state index is -0.775. The van der Waals surface area contributed by atoms with Crippen molar-refractivity contribution in [1.29, 1.82) is 0 Å². The second kappa shape index (κ2) is 5.59. The number of carbonyl (C=O) groups excluding carboxylic acids is 1. The molecule has 1 fully saturated rings. The van der Waals surface area contributed by atoms with Gasteiger partial charge in [-0.05, 0) is 19.8 Å². The third-order valence-corrected chi connectivity index (χ3v) is 2.83. The Hall–Kier alpha value is -2.25. The highest BCUT2D eigenvalue weighted by Crippen LogP contribution is 2.16. The zero-order valence-corrected chi connectivity index (χ0v) is 10.7. The normalized spacial score (nSPS) is 15.8. The number of ether oxygens (including phenoxy) is 1. The van der Waals surface area contributed by atoms with Gasteiger partial charge in [0.1, 0.15) is 5.82 Å². The largest absolute Gasteiger partial charge is 0.448 e. The van der Waals surface area contributed by atoms with Crippen molar-refractivity contribution < 1.29 is 14.7 Å². The summed E-state index contributed by atoms with van der Waals surface area (Å²) in [6, 6.07) is 1.51. The lowest BCUT2D eigenvalue weighted by molar-refractivity contribution is 0.154. The lowest BCUT2D eigenvalue weighted by Gasteiger charge is -2.17. The fourth-order valence-electron chi connectivity index (χ4n) is 1.93. The van der Waals surface area contributed by atoms with Crippen molar-refractivity contribution in [3.8, 4) is 0 Å². The van der Waals surface area contributed by atoms with Crippen LogP contribution in [0.5, 0.6) is 0 Å². The SMILES string of the molecule is CCOC(=O)N=c1cc(N2CCCC2)nc(N)n1O. The van der Waals surface area contributed by atoms with Crippen LogP contribution in [-0.2, 0) is 4.74 Å². The Morgan fingerprint density at radius 3 is 2.89 bits per heavy atom. The molecule has 1 aliphatic rings. The Morgan fingerprint density at radius 1 is 1.58 bits per heavy atom. The number of nitrogens with zero attached hydrogens (tertiary/aromatic N) is 4. The van der Waals surface area contributed by atoms with E-state index >= 15 is 0 Å². The number of amides is 1. The zero-order valence-electron chi connectivity index (χ0n) is 10.7. The first-order valence-electron chi connectivity index (χ1n) is 6.17. The molecule has 0 radical (unpaired) electrons. The predicted octanol–water partition coefficient (Wildman–Crippen LogP) is 0.360. The number of hydrogen-bond donors (Lipinski definition) is 2. The van der Waals surface area contributed by atoms with Crippen molar-refractivity contribution in [1.82, 2.24) is 9.71 Å². The molecule has 2 rings (SSSR count). The lowest BCUT2D eigenvalue weighted by Crippen LogP contribution is -2.28. The smallest absolute Gasteiger partial charge is 0.435 e. The standard InChI is InChI=1S/C11H17N5O3/c1-2-19-11(17)14-9-7-8(13-10(12)16(9)18)15-5-3-4-6-15/h7,18H,2-6H2,1H3,(H2,12,13). The Kier molecular flexibility index (Phi) is 3.88. The molecular formula is C11H17N5O3. The van der Waals surface area contributed by atoms with Crippen LogP contribution in [0.25, 0.3) is 0 Å². The fourth-order valence-corrected chi connectivity index (χ4v) is 1.93. The molecule has 1 amide bonds. The number of aromatic nitrogens is 2. The number of hydrogen-bond acceptors (Lipinski definition) is 6. The van der Waals surface area contributed by atoms with Gasteiger partial charge in [-0.15, -0.1) is 4.73 Å². The molecule has 19 heavy (non-hydrogen) atoms. The van der Waals surface area contributed by atoms with Crippen molar-refractivity contribution in [2.24, 2.45) is 4.99 Å². The van der Waals surface area contributed by atoms with Crippen LogP contribution in [0.4, 0.5) is 16.6 Å². The van der Waals surface area contributed by atoms with E-state index in [0.717, 1.165) is 25.9 Å². The minimum absolute atomic E-state index is 0.00727. The molecule has 0 unspecified atom stereocenters. The highest BCUT2D eigenvalue weighted by molar-refractivity contribution is 5.68. The van der Waals surface area contributed by atoms with E-state index in [1.54, 1.807) is 6.92 Å². The highest BCUT2D eigenvalue weighted by Gasteiger charge is 2.15. The van der Waals surface area contributed by atoms with Gasteiger partial charge in [0.15, 0.2) is 5.49 Å². The van der Waals surface area contributed by atoms with Gasteiger partial charge >= 0.3 is 6.09 Å². The van der Waals surface area contributed by atoms with Crippen LogP contribution in [0.1, 0.15) is 19.8 Å². The predicted molar refractivity (Wildman–Crippen MR) is 67.9 cm³/mol. The van der Waals surface area contributed by atoms with Gasteiger partial charge in [-0.1, -0.05) is 0 Å². The van der Waals surface area contributed by atoms with Gasteiger partial charge in [0, 0.05) is 19.2 Å². The van der Waals surface area contributed by atoms with Gasteiger partial charge in [0.25, 0.3) is 0 Å². The van der Waals surface area contributed by atoms with E-state index in [1.165, 1.54) is 6.07 Å². The molecule has 1 saturated heterocycles. The van der Waals surface area contributed by atoms with Gasteiger partial charge < -0.3 is 20.6 Å². The van der Waals surface area contributed by atoms with Crippen LogP contribution in [0.2, 0.25) is 0 Å². The lowest BCUT2D eigenvalue weighted by atomic mass is 10.4. The second-order valence-electron chi connectivity index (χ2n) is 4.15. The number of anilines is 2. The molecule has 104 valence electrons. The Morgan fingerprint density at radius 2 is 2.26 bits per heavy atom. The average Bonchev–Trinajstić information content (AvgIpc) is 2.88. The third-order valence-electron chi connectivity index (χ3n) is 2.83. The number of nitrogens with two attached hydrogens (primary N) is 1. The van der Waals surface area contributed by atoms with Gasteiger partial charge in [0.05, 0.1) is 6.61 Å². The molecular weight excluding hydrogens is 250 g/mol. The summed E-state index contributed by atoms with van der Waals surface area (Å²) in [5.41, 5.74) is 5.61. The van der Waals surface area contributed by atoms with Gasteiger partial charge in [-0.3, -0.25) is 0 Å². The van der Waals surface area contributed by atoms with Crippen molar-refractivity contribution >= 4 is 17.9 Å². The molecule has 0 saturated carbocycles. The molecule has 0 aliphatic carbocycles. The number of rotatable bonds is 2. The summed E-state index contributed by atoms with van der Waals surface area (Å²) >= 11 is 0. The summed E-state index contributed by atoms with van der Waals surface area (Å²) in [4.78, 5) is 21.1. The molecule has 0 spiro atoms. The molecule has 0 atom stereocenters. The maximum absolute atomic E-state index is 11.3. The Bertz CT molecular complexity index is 534. The van der Waals surface area contributed by atoms with Crippen LogP contribution in [-0.4, -0.2) is 40.7 Å². The topological polar surface area (TPSA) is 106 Å². The summed E-state index contributed by atoms with van der Waals surface area (Å²) in [6.45, 7) is 3.64. The first-order valence-corrected chi connectivity index (χ1v) is 6.17. The van der Waals surface area contributed by atoms with E-state index in [2.05, 4.69) is 9.98 Å². The number of nitrogen functional groups attached to an aromatic ring is 1. The van der Waals surface area contributed by atoms with E-state index in [4.69, 9.17) is 10.5 Å². The summed E-state index contributed by atoms with van der Waals surface area (Å²) in [6.07, 6.45) is 1.39. The van der Waals surface area contributed by atoms with Crippen molar-refractivity contribution in [3.63, 3.8) is 0 Å². The average molecular weight is 267 g/mol. The van der Waals surface area contributed by atoms with E-state index in [9.17, 15) is 10.0 Å². The first kappa shape index (κ1) is 13.2. The van der Waals surface area contributed by atoms with Crippen molar-refractivity contribution in [2.45, 2.75) is 19.8 Å². The van der Waals surface area contributed by atoms with Gasteiger partial charge in [-0.2, -0.15) is 9.98 Å². The van der Waals surface area contributed by atoms with E-state index in [0.29, 0.717) is 10.5 Å². The van der Waals surface area contributed by atoms with Gasteiger partial charge in [-0.25, -0.2) is 4.79 Å². The zero-order chi connectivity index (χ0) is 13.8. The monoisotopic (exact) mass is 267 g/mol. The second-order valence-corrected chi connectivity index (χ2v) is 4.15. The van der Waals surface area contributed by atoms with Crippen molar-refractivity contribution in [3.05, 3.63) is 11.6 Å². The molecule has 1 aromatic heterocycles. The van der Waals surface area contributed by atoms with Crippen LogP contribution in [0.15, 0.2) is 11.1 Å². The van der Waals surface area contributed by atoms with Crippen LogP contribution >= 0.6 is 0 Å². The number of carbonyl (C=O) groups is 1. The van der Waals surface area contributed by atoms with E-state index in [-0.39, 0.29) is 18.0 Å². The molecule has 0 aromatic carbocycles. The maximum Gasteiger partial charge on any atom is 0.435 e. The Labute approximate surface area is 110 Å². The van der Waals surface area contributed by atoms with Crippen molar-refractivity contribution in [2.75, 3.05) is 30.3 Å². The molecule has 8 nitrogen and oxygen atoms in total. The minimum Gasteiger partial charge on any atom is -0.448 e.